The topological polar surface area (TPSA) is 125 Å². The van der Waals surface area contributed by atoms with Gasteiger partial charge in [0.1, 0.15) is 23.7 Å². The summed E-state index contributed by atoms with van der Waals surface area (Å²) in [7, 11) is 0. The van der Waals surface area contributed by atoms with Crippen molar-refractivity contribution in [2.75, 3.05) is 19.7 Å². The van der Waals surface area contributed by atoms with Gasteiger partial charge >= 0.3 is 5.97 Å². The van der Waals surface area contributed by atoms with Crippen molar-refractivity contribution in [3.8, 4) is 0 Å². The molecule has 0 aromatic heterocycles. The van der Waals surface area contributed by atoms with Gasteiger partial charge in [-0.3, -0.25) is 19.2 Å². The molecular weight excluding hydrogens is 526 g/mol. The molecule has 2 fully saturated rings. The van der Waals surface area contributed by atoms with E-state index in [9.17, 15) is 24.3 Å². The number of carbonyl (C=O) groups is 4. The monoisotopic (exact) mass is 565 g/mol. The maximum absolute atomic E-state index is 14.3. The van der Waals surface area contributed by atoms with Crippen molar-refractivity contribution in [1.29, 1.82) is 0 Å². The molecule has 5 rings (SSSR count). The van der Waals surface area contributed by atoms with Crippen LogP contribution in [0, 0.1) is 11.8 Å². The molecular formula is C31H39N3O7. The largest absolute Gasteiger partial charge is 0.455 e. The molecule has 4 aliphatic heterocycles. The van der Waals surface area contributed by atoms with Crippen LogP contribution in [0.5, 0.6) is 0 Å². The molecule has 2 N–H and O–H groups in total. The molecule has 4 aliphatic rings. The summed E-state index contributed by atoms with van der Waals surface area (Å²) in [6, 6.07) is 7.27. The van der Waals surface area contributed by atoms with Gasteiger partial charge < -0.3 is 29.7 Å². The number of amides is 3. The van der Waals surface area contributed by atoms with Crippen molar-refractivity contribution in [2.45, 2.75) is 76.0 Å². The van der Waals surface area contributed by atoms with Crippen LogP contribution >= 0.6 is 0 Å². The Morgan fingerprint density at radius 2 is 1.85 bits per heavy atom. The summed E-state index contributed by atoms with van der Waals surface area (Å²) in [4.78, 5) is 58.2. The normalized spacial score (nSPS) is 33.6. The average Bonchev–Trinajstić information content (AvgIpc) is 3.61. The first-order valence-corrected chi connectivity index (χ1v) is 14.5. The molecule has 7 atom stereocenters. The maximum Gasteiger partial charge on any atom is 0.313 e. The zero-order valence-electron chi connectivity index (χ0n) is 23.8. The number of carbonyl (C=O) groups excluding carboxylic acids is 4. The Labute approximate surface area is 240 Å². The summed E-state index contributed by atoms with van der Waals surface area (Å²) in [5.74, 6) is -3.48. The highest BCUT2D eigenvalue weighted by atomic mass is 16.6. The summed E-state index contributed by atoms with van der Waals surface area (Å²) >= 11 is 0. The van der Waals surface area contributed by atoms with Crippen molar-refractivity contribution >= 4 is 23.7 Å². The number of rotatable bonds is 5. The highest BCUT2D eigenvalue weighted by molar-refractivity contribution is 5.99. The SMILES string of the molecule is CC[C@@H](CO)N1C(=O)[C@H]2[C@@H]3C(=O)O[C@H](c4ccccc4)CNC(=O)CC/C=C\CN(C(C)C)C(=O)[C@H]1[C@@]21C=C[C@@H]3O1. The number of nitrogens with zero attached hydrogens (tertiary/aromatic N) is 2. The van der Waals surface area contributed by atoms with Crippen molar-refractivity contribution in [2.24, 2.45) is 11.8 Å². The number of hydrogen-bond donors (Lipinski definition) is 2. The molecule has 220 valence electrons. The second kappa shape index (κ2) is 11.8. The summed E-state index contributed by atoms with van der Waals surface area (Å²) in [5, 5.41) is 13.1. The minimum absolute atomic E-state index is 0.0763. The smallest absolute Gasteiger partial charge is 0.313 e. The van der Waals surface area contributed by atoms with Gasteiger partial charge in [-0.15, -0.1) is 0 Å². The van der Waals surface area contributed by atoms with Crippen molar-refractivity contribution in [1.82, 2.24) is 15.1 Å². The van der Waals surface area contributed by atoms with Crippen LogP contribution in [0.1, 0.15) is 51.7 Å². The number of fused-ring (bicyclic) bond motifs is 2. The number of esters is 1. The quantitative estimate of drug-likeness (QED) is 0.413. The Morgan fingerprint density at radius 3 is 2.54 bits per heavy atom. The van der Waals surface area contributed by atoms with Gasteiger partial charge in [-0.05, 0) is 32.3 Å². The van der Waals surface area contributed by atoms with Gasteiger partial charge in [-0.1, -0.05) is 61.6 Å². The van der Waals surface area contributed by atoms with Crippen molar-refractivity contribution < 1.29 is 33.8 Å². The highest BCUT2D eigenvalue weighted by Gasteiger charge is 2.74. The predicted molar refractivity (Wildman–Crippen MR) is 149 cm³/mol. The van der Waals surface area contributed by atoms with E-state index < -0.39 is 53.6 Å². The lowest BCUT2D eigenvalue weighted by atomic mass is 9.74. The maximum atomic E-state index is 14.3. The number of cyclic esters (lactones) is 1. The molecule has 3 amide bonds. The van der Waals surface area contributed by atoms with E-state index in [0.717, 1.165) is 0 Å². The Morgan fingerprint density at radius 1 is 1.10 bits per heavy atom. The molecule has 0 aliphatic carbocycles. The molecule has 0 radical (unpaired) electrons. The van der Waals surface area contributed by atoms with Gasteiger partial charge in [0.2, 0.25) is 17.7 Å². The number of ether oxygens (including phenoxy) is 2. The van der Waals surface area contributed by atoms with E-state index in [2.05, 4.69) is 5.32 Å². The fraction of sp³-hybridized carbons (Fsp3) is 0.548. The summed E-state index contributed by atoms with van der Waals surface area (Å²) in [6.45, 7) is 5.67. The van der Waals surface area contributed by atoms with Crippen LogP contribution in [0.3, 0.4) is 0 Å². The van der Waals surface area contributed by atoms with Crippen LogP contribution in [0.4, 0.5) is 0 Å². The zero-order chi connectivity index (χ0) is 29.3. The first-order chi connectivity index (χ1) is 19.7. The molecule has 1 aromatic carbocycles. The third kappa shape index (κ3) is 5.08. The number of likely N-dealkylation sites (tertiary alicyclic amines) is 1. The minimum atomic E-state index is -1.35. The number of hydrogen-bond acceptors (Lipinski definition) is 7. The Bertz CT molecular complexity index is 1230. The third-order valence-corrected chi connectivity index (χ3v) is 8.72. The number of aliphatic hydroxyl groups is 1. The molecule has 0 saturated carbocycles. The molecule has 10 nitrogen and oxygen atoms in total. The standard InChI is InChI=1S/C31H39N3O7/c1-4-21(18-35)34-27-29(38)33(19(2)3)16-10-6-9-13-24(36)32-17-23(20-11-7-5-8-12-20)40-30(39)25-22-14-15-31(27,41-22)26(25)28(34)37/h5-8,10-12,14-15,19,21-23,25-27,35H,4,9,13,16-18H2,1-3H3,(H,32,36)/b10-6-/t21-,22-,23-,25+,26+,27-,31+/m0/s1. The van der Waals surface area contributed by atoms with Crippen LogP contribution in [0.2, 0.25) is 0 Å². The molecule has 5 bridgehead atoms. The Balaban J connectivity index is 1.58. The van der Waals surface area contributed by atoms with E-state index in [-0.39, 0.29) is 44.0 Å². The summed E-state index contributed by atoms with van der Waals surface area (Å²) < 4.78 is 12.5. The van der Waals surface area contributed by atoms with Gasteiger partial charge in [0.15, 0.2) is 0 Å². The predicted octanol–water partition coefficient (Wildman–Crippen LogP) is 1.90. The lowest BCUT2D eigenvalue weighted by Crippen LogP contribution is -2.59. The average molecular weight is 566 g/mol. The number of nitrogens with one attached hydrogen (secondary N) is 1. The molecule has 4 heterocycles. The summed E-state index contributed by atoms with van der Waals surface area (Å²) in [5.41, 5.74) is -0.647. The van der Waals surface area contributed by atoms with Gasteiger partial charge in [0, 0.05) is 19.0 Å². The van der Waals surface area contributed by atoms with E-state index in [1.54, 1.807) is 17.1 Å². The van der Waals surface area contributed by atoms with Gasteiger partial charge in [0.25, 0.3) is 0 Å². The molecule has 1 aromatic rings. The Hall–Kier alpha value is -3.50. The van der Waals surface area contributed by atoms with E-state index >= 15 is 0 Å². The molecule has 1 spiro atoms. The van der Waals surface area contributed by atoms with Crippen LogP contribution in [0.15, 0.2) is 54.6 Å². The Kier molecular flexibility index (Phi) is 8.33. The van der Waals surface area contributed by atoms with Crippen molar-refractivity contribution in [3.05, 3.63) is 60.2 Å². The zero-order valence-corrected chi connectivity index (χ0v) is 23.8. The molecule has 2 saturated heterocycles. The second-order valence-electron chi connectivity index (χ2n) is 11.4. The van der Waals surface area contributed by atoms with Gasteiger partial charge in [-0.2, -0.15) is 0 Å². The second-order valence-corrected chi connectivity index (χ2v) is 11.4. The van der Waals surface area contributed by atoms with Crippen LogP contribution in [-0.4, -0.2) is 88.1 Å². The van der Waals surface area contributed by atoms with E-state index in [0.29, 0.717) is 18.4 Å². The fourth-order valence-corrected chi connectivity index (χ4v) is 6.61. The third-order valence-electron chi connectivity index (χ3n) is 8.72. The minimum Gasteiger partial charge on any atom is -0.455 e. The van der Waals surface area contributed by atoms with Crippen LogP contribution in [0.25, 0.3) is 0 Å². The van der Waals surface area contributed by atoms with Crippen LogP contribution in [-0.2, 0) is 28.7 Å². The first kappa shape index (κ1) is 29.0. The number of allylic oxidation sites excluding steroid dienone is 1. The fourth-order valence-electron chi connectivity index (χ4n) is 6.61. The molecule has 0 unspecified atom stereocenters. The highest BCUT2D eigenvalue weighted by Crippen LogP contribution is 2.56. The van der Waals surface area contributed by atoms with E-state index in [1.165, 1.54) is 4.90 Å². The first-order valence-electron chi connectivity index (χ1n) is 14.5. The van der Waals surface area contributed by atoms with E-state index in [1.807, 2.05) is 63.3 Å². The van der Waals surface area contributed by atoms with Crippen molar-refractivity contribution in [3.63, 3.8) is 0 Å². The number of benzene rings is 1. The lowest BCUT2D eigenvalue weighted by molar-refractivity contribution is -0.160. The van der Waals surface area contributed by atoms with E-state index in [4.69, 9.17) is 9.47 Å². The van der Waals surface area contributed by atoms with Gasteiger partial charge in [-0.25, -0.2) is 0 Å². The molecule has 41 heavy (non-hydrogen) atoms. The number of aliphatic hydroxyl groups excluding tert-OH is 1. The summed E-state index contributed by atoms with van der Waals surface area (Å²) in [6.07, 6.45) is 6.85. The van der Waals surface area contributed by atoms with Gasteiger partial charge in [0.05, 0.1) is 31.2 Å². The van der Waals surface area contributed by atoms with Crippen LogP contribution < -0.4 is 5.32 Å². The molecule has 10 heteroatoms. The lowest BCUT2D eigenvalue weighted by Gasteiger charge is -2.39.